The van der Waals surface area contributed by atoms with Gasteiger partial charge in [-0.2, -0.15) is 0 Å². The highest BCUT2D eigenvalue weighted by Crippen LogP contribution is 2.29. The second-order valence-corrected chi connectivity index (χ2v) is 7.27. The van der Waals surface area contributed by atoms with Crippen molar-refractivity contribution in [3.05, 3.63) is 71.8 Å². The van der Waals surface area contributed by atoms with Crippen molar-refractivity contribution in [1.29, 1.82) is 0 Å². The van der Waals surface area contributed by atoms with Gasteiger partial charge in [-0.25, -0.2) is 0 Å². The van der Waals surface area contributed by atoms with Crippen LogP contribution in [0.3, 0.4) is 0 Å². The lowest BCUT2D eigenvalue weighted by Gasteiger charge is -2.35. The van der Waals surface area contributed by atoms with Gasteiger partial charge < -0.3 is 14.4 Å². The van der Waals surface area contributed by atoms with Crippen LogP contribution in [0.15, 0.2) is 60.7 Å². The summed E-state index contributed by atoms with van der Waals surface area (Å²) in [5.41, 5.74) is 1.88. The van der Waals surface area contributed by atoms with Gasteiger partial charge >= 0.3 is 0 Å². The second kappa shape index (κ2) is 8.53. The topological polar surface area (TPSA) is 42.0 Å². The Balaban J connectivity index is 1.45. The molecule has 0 unspecified atom stereocenters. The summed E-state index contributed by atoms with van der Waals surface area (Å²) in [4.78, 5) is 17.2. The molecular formula is C24H26N2O3. The van der Waals surface area contributed by atoms with Crippen molar-refractivity contribution >= 4 is 16.7 Å². The fourth-order valence-corrected chi connectivity index (χ4v) is 3.94. The van der Waals surface area contributed by atoms with E-state index < -0.39 is 0 Å². The summed E-state index contributed by atoms with van der Waals surface area (Å²) in [6.07, 6.45) is 0. The summed E-state index contributed by atoms with van der Waals surface area (Å²) in [5.74, 6) is 1.68. The van der Waals surface area contributed by atoms with Crippen LogP contribution in [-0.2, 0) is 6.54 Å². The van der Waals surface area contributed by atoms with Crippen LogP contribution in [-0.4, -0.2) is 56.1 Å². The monoisotopic (exact) mass is 390 g/mol. The summed E-state index contributed by atoms with van der Waals surface area (Å²) in [7, 11) is 3.34. The highest BCUT2D eigenvalue weighted by molar-refractivity contribution is 5.94. The Morgan fingerprint density at radius 3 is 2.45 bits per heavy atom. The number of carbonyl (C=O) groups is 1. The van der Waals surface area contributed by atoms with E-state index in [0.29, 0.717) is 24.4 Å². The molecule has 1 aliphatic heterocycles. The molecule has 4 rings (SSSR count). The highest BCUT2D eigenvalue weighted by Gasteiger charge is 2.23. The Morgan fingerprint density at radius 1 is 0.897 bits per heavy atom. The molecule has 5 heteroatoms. The minimum atomic E-state index is 0.0614. The molecule has 1 saturated heterocycles. The molecule has 5 nitrogen and oxygen atoms in total. The number of carbonyl (C=O) groups excluding carboxylic acids is 1. The first kappa shape index (κ1) is 19.3. The highest BCUT2D eigenvalue weighted by atomic mass is 16.5. The third-order valence-electron chi connectivity index (χ3n) is 5.58. The zero-order valence-electron chi connectivity index (χ0n) is 16.9. The zero-order chi connectivity index (χ0) is 20.2. The van der Waals surface area contributed by atoms with Crippen LogP contribution in [0, 0.1) is 0 Å². The van der Waals surface area contributed by atoms with E-state index in [4.69, 9.17) is 9.47 Å². The predicted molar refractivity (Wildman–Crippen MR) is 115 cm³/mol. The van der Waals surface area contributed by atoms with Crippen molar-refractivity contribution in [2.75, 3.05) is 40.4 Å². The van der Waals surface area contributed by atoms with Crippen LogP contribution in [0.2, 0.25) is 0 Å². The van der Waals surface area contributed by atoms with Gasteiger partial charge in [0.25, 0.3) is 5.91 Å². The number of methoxy groups -OCH3 is 2. The third-order valence-corrected chi connectivity index (χ3v) is 5.58. The Labute approximate surface area is 171 Å². The lowest BCUT2D eigenvalue weighted by molar-refractivity contribution is 0.0627. The SMILES string of the molecule is COc1cccc(C(=O)N2CCN(Cc3c(OC)ccc4ccccc34)CC2)c1. The smallest absolute Gasteiger partial charge is 0.254 e. The summed E-state index contributed by atoms with van der Waals surface area (Å²) >= 11 is 0. The van der Waals surface area contributed by atoms with Crippen LogP contribution >= 0.6 is 0 Å². The number of hydrogen-bond acceptors (Lipinski definition) is 4. The van der Waals surface area contributed by atoms with E-state index >= 15 is 0 Å². The molecule has 1 aliphatic rings. The third kappa shape index (κ3) is 4.05. The molecule has 3 aromatic carbocycles. The van der Waals surface area contributed by atoms with Gasteiger partial charge in [0.15, 0.2) is 0 Å². The molecule has 3 aromatic rings. The van der Waals surface area contributed by atoms with Gasteiger partial charge in [0.05, 0.1) is 14.2 Å². The first-order valence-corrected chi connectivity index (χ1v) is 9.90. The van der Waals surface area contributed by atoms with Crippen LogP contribution in [0.4, 0.5) is 0 Å². The van der Waals surface area contributed by atoms with Gasteiger partial charge in [-0.3, -0.25) is 9.69 Å². The van der Waals surface area contributed by atoms with Gasteiger partial charge in [-0.15, -0.1) is 0 Å². The average Bonchev–Trinajstić information content (AvgIpc) is 2.79. The normalized spacial score (nSPS) is 14.8. The van der Waals surface area contributed by atoms with E-state index in [2.05, 4.69) is 35.2 Å². The summed E-state index contributed by atoms with van der Waals surface area (Å²) in [5, 5.41) is 2.44. The van der Waals surface area contributed by atoms with E-state index in [-0.39, 0.29) is 5.91 Å². The maximum Gasteiger partial charge on any atom is 0.254 e. The molecular weight excluding hydrogens is 364 g/mol. The van der Waals surface area contributed by atoms with Crippen LogP contribution in [0.1, 0.15) is 15.9 Å². The molecule has 0 atom stereocenters. The number of ether oxygens (including phenoxy) is 2. The van der Waals surface area contributed by atoms with Gasteiger partial charge in [0.1, 0.15) is 11.5 Å². The Bertz CT molecular complexity index is 1010. The maximum atomic E-state index is 12.8. The number of hydrogen-bond donors (Lipinski definition) is 0. The van der Waals surface area contributed by atoms with Crippen molar-refractivity contribution in [3.8, 4) is 11.5 Å². The largest absolute Gasteiger partial charge is 0.497 e. The number of piperazine rings is 1. The van der Waals surface area contributed by atoms with E-state index in [9.17, 15) is 4.79 Å². The molecule has 0 aromatic heterocycles. The first-order valence-electron chi connectivity index (χ1n) is 9.90. The van der Waals surface area contributed by atoms with Gasteiger partial charge in [-0.1, -0.05) is 36.4 Å². The molecule has 1 heterocycles. The fourth-order valence-electron chi connectivity index (χ4n) is 3.94. The minimum absolute atomic E-state index is 0.0614. The lowest BCUT2D eigenvalue weighted by Crippen LogP contribution is -2.48. The summed E-state index contributed by atoms with van der Waals surface area (Å²) < 4.78 is 10.9. The molecule has 29 heavy (non-hydrogen) atoms. The maximum absolute atomic E-state index is 12.8. The van der Waals surface area contributed by atoms with Crippen LogP contribution in [0.5, 0.6) is 11.5 Å². The standard InChI is InChI=1S/C24H26N2O3/c1-28-20-8-5-7-19(16-20)24(27)26-14-12-25(13-15-26)17-22-21-9-4-3-6-18(21)10-11-23(22)29-2/h3-11,16H,12-15,17H2,1-2H3. The molecule has 0 aliphatic carbocycles. The fraction of sp³-hybridized carbons (Fsp3) is 0.292. The number of fused-ring (bicyclic) bond motifs is 1. The molecule has 1 fully saturated rings. The Kier molecular flexibility index (Phi) is 5.67. The van der Waals surface area contributed by atoms with Gasteiger partial charge in [0.2, 0.25) is 0 Å². The first-order chi connectivity index (χ1) is 14.2. The summed E-state index contributed by atoms with van der Waals surface area (Å²) in [6, 6.07) is 19.9. The quantitative estimate of drug-likeness (QED) is 0.664. The molecule has 0 spiro atoms. The number of rotatable bonds is 5. The Hall–Kier alpha value is -3.05. The lowest BCUT2D eigenvalue weighted by atomic mass is 10.0. The van der Waals surface area contributed by atoms with E-state index in [1.54, 1.807) is 20.3 Å². The molecule has 0 saturated carbocycles. The number of amides is 1. The molecule has 0 N–H and O–H groups in total. The van der Waals surface area contributed by atoms with Crippen LogP contribution in [0.25, 0.3) is 10.8 Å². The predicted octanol–water partition coefficient (Wildman–Crippen LogP) is 3.82. The van der Waals surface area contributed by atoms with E-state index in [1.165, 1.54) is 16.3 Å². The zero-order valence-corrected chi connectivity index (χ0v) is 16.9. The Morgan fingerprint density at radius 2 is 1.69 bits per heavy atom. The molecule has 0 bridgehead atoms. The second-order valence-electron chi connectivity index (χ2n) is 7.27. The number of nitrogens with zero attached hydrogens (tertiary/aromatic N) is 2. The number of benzene rings is 3. The van der Waals surface area contributed by atoms with Crippen molar-refractivity contribution < 1.29 is 14.3 Å². The molecule has 0 radical (unpaired) electrons. The van der Waals surface area contributed by atoms with Crippen molar-refractivity contribution in [1.82, 2.24) is 9.80 Å². The molecule has 150 valence electrons. The summed E-state index contributed by atoms with van der Waals surface area (Å²) in [6.45, 7) is 3.90. The van der Waals surface area contributed by atoms with Crippen molar-refractivity contribution in [3.63, 3.8) is 0 Å². The van der Waals surface area contributed by atoms with E-state index in [1.807, 2.05) is 29.2 Å². The van der Waals surface area contributed by atoms with Crippen LogP contribution < -0.4 is 9.47 Å². The van der Waals surface area contributed by atoms with Gasteiger partial charge in [-0.05, 0) is 35.0 Å². The minimum Gasteiger partial charge on any atom is -0.497 e. The molecule has 1 amide bonds. The van der Waals surface area contributed by atoms with Crippen molar-refractivity contribution in [2.24, 2.45) is 0 Å². The average molecular weight is 390 g/mol. The van der Waals surface area contributed by atoms with Crippen molar-refractivity contribution in [2.45, 2.75) is 6.54 Å². The van der Waals surface area contributed by atoms with E-state index in [0.717, 1.165) is 25.4 Å². The van der Waals surface area contributed by atoms with Gasteiger partial charge in [0, 0.05) is 43.9 Å².